The van der Waals surface area contributed by atoms with Crippen LogP contribution in [0.15, 0.2) is 53.5 Å². The quantitative estimate of drug-likeness (QED) is 0.899. The van der Waals surface area contributed by atoms with Gasteiger partial charge in [0, 0.05) is 23.1 Å². The molecule has 2 nitrogen and oxygen atoms in total. The van der Waals surface area contributed by atoms with Crippen molar-refractivity contribution in [3.8, 4) is 0 Å². The topological polar surface area (TPSA) is 32.6 Å². The molecule has 2 aromatic carbocycles. The number of rotatable bonds is 3. The number of aliphatic imine (C=N–C) groups is 1. The molecule has 2 heteroatoms. The molecule has 0 aliphatic carbocycles. The molecule has 1 heterocycles. The summed E-state index contributed by atoms with van der Waals surface area (Å²) in [5.74, 6) is 0. The van der Waals surface area contributed by atoms with Gasteiger partial charge in [0.05, 0.1) is 5.71 Å². The van der Waals surface area contributed by atoms with E-state index in [9.17, 15) is 5.11 Å². The molecule has 0 saturated carbocycles. The Hall–Kier alpha value is -1.93. The van der Waals surface area contributed by atoms with Gasteiger partial charge in [-0.05, 0) is 6.92 Å². The van der Waals surface area contributed by atoms with Crippen molar-refractivity contribution in [3.05, 3.63) is 70.8 Å². The van der Waals surface area contributed by atoms with Crippen molar-refractivity contribution in [2.24, 2.45) is 4.99 Å². The average molecular weight is 265 g/mol. The fourth-order valence-electron chi connectivity index (χ4n) is 2.81. The van der Waals surface area contributed by atoms with Crippen LogP contribution >= 0.6 is 0 Å². The maximum Gasteiger partial charge on any atom is 0.183 e. The van der Waals surface area contributed by atoms with Crippen molar-refractivity contribution in [3.63, 3.8) is 0 Å². The Balaban J connectivity index is 2.14. The van der Waals surface area contributed by atoms with Gasteiger partial charge < -0.3 is 5.11 Å². The third-order valence-electron chi connectivity index (χ3n) is 3.83. The fraction of sp³-hybridized carbons (Fsp3) is 0.278. The third-order valence-corrected chi connectivity index (χ3v) is 3.83. The summed E-state index contributed by atoms with van der Waals surface area (Å²) in [6, 6.07) is 16.3. The lowest BCUT2D eigenvalue weighted by molar-refractivity contribution is 0.0400. The van der Waals surface area contributed by atoms with Crippen molar-refractivity contribution in [1.29, 1.82) is 0 Å². The molecule has 20 heavy (non-hydrogen) atoms. The molecule has 1 aliphatic heterocycles. The molecule has 0 spiro atoms. The Kier molecular flexibility index (Phi) is 3.19. The molecular formula is C18H19NO. The Morgan fingerprint density at radius 1 is 1.05 bits per heavy atom. The van der Waals surface area contributed by atoms with Crippen LogP contribution < -0.4 is 0 Å². The summed E-state index contributed by atoms with van der Waals surface area (Å²) >= 11 is 0. The molecule has 0 saturated heterocycles. The zero-order valence-corrected chi connectivity index (χ0v) is 11.9. The van der Waals surface area contributed by atoms with E-state index in [-0.39, 0.29) is 0 Å². The predicted octanol–water partition coefficient (Wildman–Crippen LogP) is 3.79. The van der Waals surface area contributed by atoms with Gasteiger partial charge in [-0.2, -0.15) is 0 Å². The van der Waals surface area contributed by atoms with Crippen molar-refractivity contribution in [2.75, 3.05) is 0 Å². The van der Waals surface area contributed by atoms with Crippen LogP contribution in [0.4, 0.5) is 0 Å². The van der Waals surface area contributed by atoms with Gasteiger partial charge in [0.25, 0.3) is 0 Å². The molecule has 1 unspecified atom stereocenters. The van der Waals surface area contributed by atoms with E-state index in [1.54, 1.807) is 0 Å². The molecule has 1 atom stereocenters. The Morgan fingerprint density at radius 2 is 1.75 bits per heavy atom. The first kappa shape index (κ1) is 13.1. The Bertz CT molecular complexity index is 657. The molecule has 0 aromatic heterocycles. The monoisotopic (exact) mass is 265 g/mol. The largest absolute Gasteiger partial charge is 0.365 e. The molecule has 1 aliphatic rings. The van der Waals surface area contributed by atoms with Gasteiger partial charge in [0.15, 0.2) is 5.72 Å². The van der Waals surface area contributed by atoms with E-state index in [2.05, 4.69) is 43.1 Å². The lowest BCUT2D eigenvalue weighted by Gasteiger charge is -2.19. The first-order valence-electron chi connectivity index (χ1n) is 7.13. The third kappa shape index (κ3) is 2.06. The highest BCUT2D eigenvalue weighted by molar-refractivity contribution is 6.15. The van der Waals surface area contributed by atoms with Crippen LogP contribution in [0.1, 0.15) is 42.0 Å². The highest BCUT2D eigenvalue weighted by atomic mass is 16.3. The summed E-state index contributed by atoms with van der Waals surface area (Å²) in [4.78, 5) is 4.65. The molecular weight excluding hydrogens is 246 g/mol. The van der Waals surface area contributed by atoms with Crippen LogP contribution in [0.2, 0.25) is 0 Å². The predicted molar refractivity (Wildman–Crippen MR) is 82.1 cm³/mol. The maximum atomic E-state index is 10.8. The minimum absolute atomic E-state index is 0.652. The zero-order valence-electron chi connectivity index (χ0n) is 11.9. The van der Waals surface area contributed by atoms with Crippen LogP contribution in [0.3, 0.4) is 0 Å². The van der Waals surface area contributed by atoms with E-state index in [4.69, 9.17) is 0 Å². The average Bonchev–Trinajstić information content (AvgIpc) is 2.74. The smallest absolute Gasteiger partial charge is 0.183 e. The lowest BCUT2D eigenvalue weighted by Crippen LogP contribution is -2.20. The summed E-state index contributed by atoms with van der Waals surface area (Å²) in [6.07, 6.45) is 1.55. The number of fused-ring (bicyclic) bond motifs is 1. The summed E-state index contributed by atoms with van der Waals surface area (Å²) in [7, 11) is 0. The van der Waals surface area contributed by atoms with Crippen LogP contribution in [0.25, 0.3) is 0 Å². The molecule has 2 aromatic rings. The van der Waals surface area contributed by atoms with Crippen LogP contribution in [0.5, 0.6) is 0 Å². The molecule has 3 rings (SSSR count). The van der Waals surface area contributed by atoms with Gasteiger partial charge in [-0.3, -0.25) is 0 Å². The second-order valence-electron chi connectivity index (χ2n) is 5.44. The van der Waals surface area contributed by atoms with E-state index >= 15 is 0 Å². The number of hydrogen-bond acceptors (Lipinski definition) is 2. The maximum absolute atomic E-state index is 10.8. The fourth-order valence-corrected chi connectivity index (χ4v) is 2.81. The van der Waals surface area contributed by atoms with Gasteiger partial charge in [-0.15, -0.1) is 0 Å². The highest BCUT2D eigenvalue weighted by Crippen LogP contribution is 2.38. The number of aliphatic hydroxyl groups is 1. The van der Waals surface area contributed by atoms with E-state index < -0.39 is 5.72 Å². The van der Waals surface area contributed by atoms with Crippen molar-refractivity contribution in [2.45, 2.75) is 32.4 Å². The molecule has 0 fully saturated rings. The standard InChI is InChI=1S/C18H19NO/c1-3-12-18(20)16-7-5-4-6-15(16)17(19-18)14-10-8-13(2)9-11-14/h4-11,20H,3,12H2,1-2H3. The van der Waals surface area contributed by atoms with Crippen LogP contribution in [0, 0.1) is 6.92 Å². The van der Waals surface area contributed by atoms with Gasteiger partial charge in [0.1, 0.15) is 0 Å². The second kappa shape index (κ2) is 4.88. The van der Waals surface area contributed by atoms with E-state index in [0.717, 1.165) is 28.8 Å². The van der Waals surface area contributed by atoms with Gasteiger partial charge in [-0.1, -0.05) is 67.4 Å². The van der Waals surface area contributed by atoms with Crippen LogP contribution in [-0.2, 0) is 5.72 Å². The van der Waals surface area contributed by atoms with Gasteiger partial charge in [-0.25, -0.2) is 4.99 Å². The molecule has 0 amide bonds. The zero-order chi connectivity index (χ0) is 14.2. The van der Waals surface area contributed by atoms with Crippen molar-refractivity contribution >= 4 is 5.71 Å². The summed E-state index contributed by atoms with van der Waals surface area (Å²) in [5, 5.41) is 10.8. The van der Waals surface area contributed by atoms with Crippen LogP contribution in [-0.4, -0.2) is 10.8 Å². The highest BCUT2D eigenvalue weighted by Gasteiger charge is 2.37. The first-order chi connectivity index (χ1) is 9.64. The van der Waals surface area contributed by atoms with Crippen molar-refractivity contribution in [1.82, 2.24) is 0 Å². The summed E-state index contributed by atoms with van der Waals surface area (Å²) < 4.78 is 0. The Morgan fingerprint density at radius 3 is 2.45 bits per heavy atom. The normalized spacial score (nSPS) is 20.6. The molecule has 0 radical (unpaired) electrons. The summed E-state index contributed by atoms with van der Waals surface area (Å²) in [6.45, 7) is 4.14. The number of hydrogen-bond donors (Lipinski definition) is 1. The second-order valence-corrected chi connectivity index (χ2v) is 5.44. The lowest BCUT2D eigenvalue weighted by atomic mass is 9.94. The first-order valence-corrected chi connectivity index (χ1v) is 7.13. The van der Waals surface area contributed by atoms with Gasteiger partial charge in [0.2, 0.25) is 0 Å². The number of aryl methyl sites for hydroxylation is 1. The van der Waals surface area contributed by atoms with E-state index in [1.807, 2.05) is 24.3 Å². The van der Waals surface area contributed by atoms with E-state index in [0.29, 0.717) is 6.42 Å². The Labute approximate surface area is 119 Å². The number of nitrogens with zero attached hydrogens (tertiary/aromatic N) is 1. The summed E-state index contributed by atoms with van der Waals surface area (Å²) in [5.41, 5.74) is 4.10. The molecule has 102 valence electrons. The molecule has 1 N–H and O–H groups in total. The van der Waals surface area contributed by atoms with Crippen molar-refractivity contribution < 1.29 is 5.11 Å². The van der Waals surface area contributed by atoms with E-state index in [1.165, 1.54) is 5.56 Å². The SMILES string of the molecule is CCCC1(O)N=C(c2ccc(C)cc2)c2ccccc21. The molecule has 0 bridgehead atoms. The minimum Gasteiger partial charge on any atom is -0.365 e. The number of benzene rings is 2. The van der Waals surface area contributed by atoms with Gasteiger partial charge >= 0.3 is 0 Å². The minimum atomic E-state index is -1.06.